The zero-order chi connectivity index (χ0) is 16.7. The first kappa shape index (κ1) is 21.0. The van der Waals surface area contributed by atoms with Gasteiger partial charge in [-0.25, -0.2) is 0 Å². The van der Waals surface area contributed by atoms with Crippen molar-refractivity contribution in [2.45, 2.75) is 19.5 Å². The third kappa shape index (κ3) is 6.45. The number of halogens is 2. The van der Waals surface area contributed by atoms with Crippen molar-refractivity contribution >= 4 is 45.9 Å². The molecular weight excluding hydrogens is 485 g/mol. The summed E-state index contributed by atoms with van der Waals surface area (Å²) in [5, 5.41) is 6.48. The molecule has 0 fully saturated rings. The standard InChI is InChI=1S/C17H22BrN3O2.HI/c1-12(11-22-3)21-17(19-2)20-10-15-8-9-16(23-15)13-4-6-14(18)7-5-13;/h4-9,12H,10-11H2,1-3H3,(H2,19,20,21);1H. The van der Waals surface area contributed by atoms with E-state index in [2.05, 4.69) is 31.6 Å². The van der Waals surface area contributed by atoms with E-state index < -0.39 is 0 Å². The highest BCUT2D eigenvalue weighted by atomic mass is 127. The van der Waals surface area contributed by atoms with E-state index >= 15 is 0 Å². The van der Waals surface area contributed by atoms with Crippen molar-refractivity contribution in [2.24, 2.45) is 4.99 Å². The summed E-state index contributed by atoms with van der Waals surface area (Å²) in [6.07, 6.45) is 0. The Hall–Kier alpha value is -1.06. The summed E-state index contributed by atoms with van der Waals surface area (Å²) in [4.78, 5) is 4.19. The first-order valence-corrected chi connectivity index (χ1v) is 8.22. The Morgan fingerprint density at radius 1 is 1.25 bits per heavy atom. The monoisotopic (exact) mass is 507 g/mol. The van der Waals surface area contributed by atoms with Gasteiger partial charge in [0, 0.05) is 30.2 Å². The summed E-state index contributed by atoms with van der Waals surface area (Å²) in [5.74, 6) is 2.42. The Morgan fingerprint density at radius 3 is 2.58 bits per heavy atom. The van der Waals surface area contributed by atoms with Gasteiger partial charge in [-0.05, 0) is 31.2 Å². The molecule has 2 rings (SSSR count). The van der Waals surface area contributed by atoms with E-state index in [9.17, 15) is 0 Å². The van der Waals surface area contributed by atoms with Crippen LogP contribution >= 0.6 is 39.9 Å². The number of aliphatic imine (C=N–C) groups is 1. The van der Waals surface area contributed by atoms with Gasteiger partial charge >= 0.3 is 0 Å². The van der Waals surface area contributed by atoms with Crippen molar-refractivity contribution in [1.82, 2.24) is 10.6 Å². The maximum Gasteiger partial charge on any atom is 0.191 e. The van der Waals surface area contributed by atoms with Crippen LogP contribution in [0.1, 0.15) is 12.7 Å². The molecule has 0 saturated heterocycles. The van der Waals surface area contributed by atoms with Gasteiger partial charge in [-0.2, -0.15) is 0 Å². The maximum atomic E-state index is 5.87. The van der Waals surface area contributed by atoms with Crippen molar-refractivity contribution in [3.8, 4) is 11.3 Å². The number of rotatable bonds is 6. The van der Waals surface area contributed by atoms with E-state index in [0.29, 0.717) is 13.2 Å². The second kappa shape index (κ2) is 10.7. The first-order valence-electron chi connectivity index (χ1n) is 7.43. The second-order valence-corrected chi connectivity index (χ2v) is 6.12. The molecule has 0 radical (unpaired) electrons. The minimum Gasteiger partial charge on any atom is -0.459 e. The van der Waals surface area contributed by atoms with Crippen molar-refractivity contribution < 1.29 is 9.15 Å². The SMILES string of the molecule is CN=C(NCc1ccc(-c2ccc(Br)cc2)o1)NC(C)COC.I. The van der Waals surface area contributed by atoms with E-state index in [1.807, 2.05) is 43.3 Å². The van der Waals surface area contributed by atoms with Gasteiger partial charge in [-0.3, -0.25) is 4.99 Å². The fourth-order valence-corrected chi connectivity index (χ4v) is 2.40. The largest absolute Gasteiger partial charge is 0.459 e. The average molecular weight is 508 g/mol. The van der Waals surface area contributed by atoms with Crippen LogP contribution < -0.4 is 10.6 Å². The highest BCUT2D eigenvalue weighted by molar-refractivity contribution is 14.0. The molecule has 7 heteroatoms. The third-order valence-electron chi connectivity index (χ3n) is 3.24. The summed E-state index contributed by atoms with van der Waals surface area (Å²) < 4.78 is 12.0. The van der Waals surface area contributed by atoms with E-state index in [1.165, 1.54) is 0 Å². The molecule has 1 aromatic carbocycles. The van der Waals surface area contributed by atoms with Crippen LogP contribution in [-0.4, -0.2) is 32.8 Å². The molecule has 0 spiro atoms. The number of hydrogen-bond donors (Lipinski definition) is 2. The molecule has 0 aliphatic rings. The zero-order valence-electron chi connectivity index (χ0n) is 14.0. The molecule has 1 aromatic heterocycles. The van der Waals surface area contributed by atoms with Crippen LogP contribution in [0.4, 0.5) is 0 Å². The molecule has 5 nitrogen and oxygen atoms in total. The maximum absolute atomic E-state index is 5.87. The van der Waals surface area contributed by atoms with Crippen LogP contribution in [0.2, 0.25) is 0 Å². The summed E-state index contributed by atoms with van der Waals surface area (Å²) in [7, 11) is 3.42. The smallest absolute Gasteiger partial charge is 0.191 e. The molecule has 132 valence electrons. The Morgan fingerprint density at radius 2 is 1.96 bits per heavy atom. The lowest BCUT2D eigenvalue weighted by Gasteiger charge is -2.16. The van der Waals surface area contributed by atoms with Gasteiger partial charge in [0.1, 0.15) is 11.5 Å². The van der Waals surface area contributed by atoms with Crippen LogP contribution in [-0.2, 0) is 11.3 Å². The Labute approximate surface area is 168 Å². The minimum atomic E-state index is 0. The number of furan rings is 1. The van der Waals surface area contributed by atoms with E-state index in [4.69, 9.17) is 9.15 Å². The van der Waals surface area contributed by atoms with Crippen LogP contribution in [0.5, 0.6) is 0 Å². The second-order valence-electron chi connectivity index (χ2n) is 5.20. The van der Waals surface area contributed by atoms with Crippen LogP contribution in [0.3, 0.4) is 0 Å². The summed E-state index contributed by atoms with van der Waals surface area (Å²) in [6, 6.07) is 12.2. The van der Waals surface area contributed by atoms with Crippen LogP contribution in [0, 0.1) is 0 Å². The van der Waals surface area contributed by atoms with Crippen LogP contribution in [0.25, 0.3) is 11.3 Å². The predicted molar refractivity (Wildman–Crippen MR) is 112 cm³/mol. The Balaban J connectivity index is 0.00000288. The molecule has 0 saturated carbocycles. The first-order chi connectivity index (χ1) is 11.1. The summed E-state index contributed by atoms with van der Waals surface area (Å²) >= 11 is 3.43. The number of benzene rings is 1. The molecule has 0 aliphatic carbocycles. The molecule has 2 aromatic rings. The van der Waals surface area contributed by atoms with E-state index in [-0.39, 0.29) is 30.0 Å². The van der Waals surface area contributed by atoms with E-state index in [1.54, 1.807) is 14.2 Å². The van der Waals surface area contributed by atoms with Gasteiger partial charge in [0.25, 0.3) is 0 Å². The zero-order valence-corrected chi connectivity index (χ0v) is 17.9. The highest BCUT2D eigenvalue weighted by Gasteiger charge is 2.07. The number of ether oxygens (including phenoxy) is 1. The van der Waals surface area contributed by atoms with Crippen molar-refractivity contribution in [1.29, 1.82) is 0 Å². The molecule has 1 heterocycles. The third-order valence-corrected chi connectivity index (χ3v) is 3.77. The van der Waals surface area contributed by atoms with E-state index in [0.717, 1.165) is 27.5 Å². The number of nitrogens with zero attached hydrogens (tertiary/aromatic N) is 1. The quantitative estimate of drug-likeness (QED) is 0.352. The van der Waals surface area contributed by atoms with Crippen molar-refractivity contribution in [3.63, 3.8) is 0 Å². The fraction of sp³-hybridized carbons (Fsp3) is 0.353. The highest BCUT2D eigenvalue weighted by Crippen LogP contribution is 2.23. The lowest BCUT2D eigenvalue weighted by atomic mass is 10.2. The number of hydrogen-bond acceptors (Lipinski definition) is 3. The predicted octanol–water partition coefficient (Wildman–Crippen LogP) is 4.03. The van der Waals surface area contributed by atoms with Crippen LogP contribution in [0.15, 0.2) is 50.3 Å². The Kier molecular flexibility index (Phi) is 9.38. The molecule has 0 bridgehead atoms. The van der Waals surface area contributed by atoms with Gasteiger partial charge in [0.15, 0.2) is 5.96 Å². The van der Waals surface area contributed by atoms with Gasteiger partial charge in [-0.15, -0.1) is 24.0 Å². The number of methoxy groups -OCH3 is 1. The molecular formula is C17H23BrIN3O2. The summed E-state index contributed by atoms with van der Waals surface area (Å²) in [6.45, 7) is 3.22. The molecule has 0 amide bonds. The van der Waals surface area contributed by atoms with Gasteiger partial charge in [0.05, 0.1) is 13.2 Å². The van der Waals surface area contributed by atoms with Crippen molar-refractivity contribution in [2.75, 3.05) is 20.8 Å². The fourth-order valence-electron chi connectivity index (χ4n) is 2.13. The lowest BCUT2D eigenvalue weighted by molar-refractivity contribution is 0.179. The normalized spacial score (nSPS) is 12.4. The Bertz CT molecular complexity index is 644. The molecule has 24 heavy (non-hydrogen) atoms. The number of guanidine groups is 1. The molecule has 1 atom stereocenters. The number of nitrogens with one attached hydrogen (secondary N) is 2. The van der Waals surface area contributed by atoms with Gasteiger partial charge < -0.3 is 19.8 Å². The minimum absolute atomic E-state index is 0. The topological polar surface area (TPSA) is 58.8 Å². The van der Waals surface area contributed by atoms with Crippen molar-refractivity contribution in [3.05, 3.63) is 46.6 Å². The molecule has 1 unspecified atom stereocenters. The molecule has 2 N–H and O–H groups in total. The average Bonchev–Trinajstić information content (AvgIpc) is 3.01. The van der Waals surface area contributed by atoms with Gasteiger partial charge in [-0.1, -0.05) is 28.1 Å². The lowest BCUT2D eigenvalue weighted by Crippen LogP contribution is -2.43. The molecule has 0 aliphatic heterocycles. The summed E-state index contributed by atoms with van der Waals surface area (Å²) in [5.41, 5.74) is 1.05. The van der Waals surface area contributed by atoms with Gasteiger partial charge in [0.2, 0.25) is 0 Å².